The molecule has 0 aliphatic rings. The number of nitrogens with zero attached hydrogens (tertiary/aromatic N) is 2. The number of carbonyl (C=O) groups excluding carboxylic acids is 1. The Bertz CT molecular complexity index is 1050. The number of para-hydroxylation sites is 3. The van der Waals surface area contributed by atoms with E-state index in [-0.39, 0.29) is 24.2 Å². The van der Waals surface area contributed by atoms with Gasteiger partial charge in [0.2, 0.25) is 5.91 Å². The maximum absolute atomic E-state index is 12.4. The molecule has 3 aromatic rings. The van der Waals surface area contributed by atoms with Crippen LogP contribution in [0.2, 0.25) is 0 Å². The molecule has 9 heteroatoms. The maximum Gasteiger partial charge on any atom is 0.573 e. The molecule has 0 saturated carbocycles. The summed E-state index contributed by atoms with van der Waals surface area (Å²) < 4.78 is 42.6. The molecule has 0 radical (unpaired) electrons. The SMILES string of the molecule is O=C(CCCn1cnc2ccccc2c1=O)Nc1ccccc1OC(F)(F)F. The lowest BCUT2D eigenvalue weighted by Crippen LogP contribution is -2.22. The fraction of sp³-hybridized carbons (Fsp3) is 0.211. The quantitative estimate of drug-likeness (QED) is 0.695. The molecule has 0 atom stereocenters. The molecule has 0 unspecified atom stereocenters. The van der Waals surface area contributed by atoms with Crippen LogP contribution in [-0.4, -0.2) is 21.8 Å². The van der Waals surface area contributed by atoms with E-state index in [1.807, 2.05) is 0 Å². The van der Waals surface area contributed by atoms with Crippen molar-refractivity contribution in [2.24, 2.45) is 0 Å². The standard InChI is InChI=1S/C19H16F3N3O3/c20-19(21,22)28-16-9-4-3-8-15(16)24-17(26)10-5-11-25-12-23-14-7-2-1-6-13(14)18(25)27/h1-4,6-9,12H,5,10-11H2,(H,24,26). The molecular weight excluding hydrogens is 375 g/mol. The van der Waals surface area contributed by atoms with Crippen molar-refractivity contribution in [2.45, 2.75) is 25.7 Å². The summed E-state index contributed by atoms with van der Waals surface area (Å²) in [5.41, 5.74) is 0.298. The van der Waals surface area contributed by atoms with E-state index in [4.69, 9.17) is 0 Å². The van der Waals surface area contributed by atoms with E-state index in [2.05, 4.69) is 15.0 Å². The van der Waals surface area contributed by atoms with Gasteiger partial charge in [0.25, 0.3) is 5.56 Å². The van der Waals surface area contributed by atoms with Gasteiger partial charge in [0.15, 0.2) is 5.75 Å². The number of hydrogen-bond acceptors (Lipinski definition) is 4. The first kappa shape index (κ1) is 19.4. The van der Waals surface area contributed by atoms with Crippen molar-refractivity contribution >= 4 is 22.5 Å². The molecule has 6 nitrogen and oxygen atoms in total. The maximum atomic E-state index is 12.4. The number of ether oxygens (including phenoxy) is 1. The van der Waals surface area contributed by atoms with E-state index in [1.165, 1.54) is 29.1 Å². The van der Waals surface area contributed by atoms with Gasteiger partial charge in [-0.05, 0) is 30.7 Å². The van der Waals surface area contributed by atoms with E-state index < -0.39 is 18.0 Å². The normalized spacial score (nSPS) is 11.4. The molecule has 3 rings (SSSR count). The minimum Gasteiger partial charge on any atom is -0.404 e. The van der Waals surface area contributed by atoms with Crippen LogP contribution < -0.4 is 15.6 Å². The van der Waals surface area contributed by atoms with Gasteiger partial charge in [-0.25, -0.2) is 4.98 Å². The zero-order valence-electron chi connectivity index (χ0n) is 14.6. The summed E-state index contributed by atoms with van der Waals surface area (Å²) in [7, 11) is 0. The lowest BCUT2D eigenvalue weighted by molar-refractivity contribution is -0.274. The van der Waals surface area contributed by atoms with E-state index >= 15 is 0 Å². The van der Waals surface area contributed by atoms with Crippen LogP contribution in [0.5, 0.6) is 5.75 Å². The molecule has 28 heavy (non-hydrogen) atoms. The second kappa shape index (κ2) is 8.12. The van der Waals surface area contributed by atoms with E-state index in [1.54, 1.807) is 24.3 Å². The van der Waals surface area contributed by atoms with Gasteiger partial charge < -0.3 is 10.1 Å². The Hall–Kier alpha value is -3.36. The molecule has 0 spiro atoms. The minimum atomic E-state index is -4.86. The highest BCUT2D eigenvalue weighted by Crippen LogP contribution is 2.30. The van der Waals surface area contributed by atoms with Crippen LogP contribution in [0.3, 0.4) is 0 Å². The number of rotatable bonds is 6. The molecule has 1 amide bonds. The largest absolute Gasteiger partial charge is 0.573 e. The van der Waals surface area contributed by atoms with Crippen LogP contribution in [0.25, 0.3) is 10.9 Å². The lowest BCUT2D eigenvalue weighted by atomic mass is 10.2. The van der Waals surface area contributed by atoms with E-state index in [0.717, 1.165) is 6.07 Å². The number of halogens is 3. The molecule has 1 aromatic heterocycles. The Balaban J connectivity index is 1.60. The number of anilines is 1. The van der Waals surface area contributed by atoms with Gasteiger partial charge in [-0.15, -0.1) is 13.2 Å². The third kappa shape index (κ3) is 4.87. The highest BCUT2D eigenvalue weighted by atomic mass is 19.4. The first-order valence-electron chi connectivity index (χ1n) is 8.42. The highest BCUT2D eigenvalue weighted by Gasteiger charge is 2.32. The third-order valence-electron chi connectivity index (χ3n) is 3.92. The average Bonchev–Trinajstić information content (AvgIpc) is 2.64. The molecule has 0 saturated heterocycles. The Morgan fingerprint density at radius 1 is 1.11 bits per heavy atom. The van der Waals surface area contributed by atoms with Gasteiger partial charge in [0.05, 0.1) is 22.9 Å². The van der Waals surface area contributed by atoms with E-state index in [0.29, 0.717) is 17.3 Å². The number of aromatic nitrogens is 2. The molecule has 0 fully saturated rings. The number of amides is 1. The molecule has 1 N–H and O–H groups in total. The predicted octanol–water partition coefficient (Wildman–Crippen LogP) is 3.71. The summed E-state index contributed by atoms with van der Waals surface area (Å²) in [6.07, 6.45) is -3.12. The number of carbonyl (C=O) groups is 1. The number of aryl methyl sites for hydroxylation is 1. The zero-order chi connectivity index (χ0) is 20.1. The van der Waals surface area contributed by atoms with Crippen LogP contribution in [0.1, 0.15) is 12.8 Å². The van der Waals surface area contributed by atoms with Crippen LogP contribution >= 0.6 is 0 Å². The molecular formula is C19H16F3N3O3. The van der Waals surface area contributed by atoms with Crippen molar-refractivity contribution in [1.82, 2.24) is 9.55 Å². The number of fused-ring (bicyclic) bond motifs is 1. The van der Waals surface area contributed by atoms with Gasteiger partial charge in [-0.3, -0.25) is 14.2 Å². The van der Waals surface area contributed by atoms with Crippen LogP contribution in [0.4, 0.5) is 18.9 Å². The number of alkyl halides is 3. The second-order valence-electron chi connectivity index (χ2n) is 5.96. The summed E-state index contributed by atoms with van der Waals surface area (Å²) in [5, 5.41) is 2.88. The van der Waals surface area contributed by atoms with Crippen LogP contribution in [0.15, 0.2) is 59.7 Å². The van der Waals surface area contributed by atoms with Crippen LogP contribution in [-0.2, 0) is 11.3 Å². The molecule has 1 heterocycles. The summed E-state index contributed by atoms with van der Waals surface area (Å²) in [6, 6.07) is 12.2. The molecule has 0 aliphatic heterocycles. The second-order valence-corrected chi connectivity index (χ2v) is 5.96. The Morgan fingerprint density at radius 2 is 1.82 bits per heavy atom. The van der Waals surface area contributed by atoms with Crippen molar-refractivity contribution in [2.75, 3.05) is 5.32 Å². The summed E-state index contributed by atoms with van der Waals surface area (Å²) in [4.78, 5) is 28.6. The zero-order valence-corrected chi connectivity index (χ0v) is 14.6. The summed E-state index contributed by atoms with van der Waals surface area (Å²) >= 11 is 0. The molecule has 146 valence electrons. The van der Waals surface area contributed by atoms with Gasteiger partial charge >= 0.3 is 6.36 Å². The smallest absolute Gasteiger partial charge is 0.404 e. The van der Waals surface area contributed by atoms with Crippen molar-refractivity contribution < 1.29 is 22.7 Å². The lowest BCUT2D eigenvalue weighted by Gasteiger charge is -2.14. The van der Waals surface area contributed by atoms with Gasteiger partial charge in [0.1, 0.15) is 0 Å². The fourth-order valence-electron chi connectivity index (χ4n) is 2.67. The predicted molar refractivity (Wildman–Crippen MR) is 97.0 cm³/mol. The third-order valence-corrected chi connectivity index (χ3v) is 3.92. The summed E-state index contributed by atoms with van der Waals surface area (Å²) in [6.45, 7) is 0.255. The first-order chi connectivity index (χ1) is 13.3. The van der Waals surface area contributed by atoms with Gasteiger partial charge in [0, 0.05) is 13.0 Å². The summed E-state index contributed by atoms with van der Waals surface area (Å²) in [5.74, 6) is -0.974. The van der Waals surface area contributed by atoms with Crippen molar-refractivity contribution in [3.8, 4) is 5.75 Å². The fourth-order valence-corrected chi connectivity index (χ4v) is 2.67. The topological polar surface area (TPSA) is 73.2 Å². The first-order valence-corrected chi connectivity index (χ1v) is 8.42. The number of hydrogen-bond donors (Lipinski definition) is 1. The minimum absolute atomic E-state index is 0.0135. The number of benzene rings is 2. The van der Waals surface area contributed by atoms with Crippen molar-refractivity contribution in [3.05, 3.63) is 65.2 Å². The van der Waals surface area contributed by atoms with Crippen molar-refractivity contribution in [1.29, 1.82) is 0 Å². The molecule has 2 aromatic carbocycles. The molecule has 0 bridgehead atoms. The monoisotopic (exact) mass is 391 g/mol. The van der Waals surface area contributed by atoms with Crippen LogP contribution in [0, 0.1) is 0 Å². The van der Waals surface area contributed by atoms with Gasteiger partial charge in [-0.2, -0.15) is 0 Å². The number of nitrogens with one attached hydrogen (secondary N) is 1. The average molecular weight is 391 g/mol. The Kier molecular flexibility index (Phi) is 5.62. The highest BCUT2D eigenvalue weighted by molar-refractivity contribution is 5.92. The van der Waals surface area contributed by atoms with Crippen molar-refractivity contribution in [3.63, 3.8) is 0 Å². The Labute approximate surface area is 157 Å². The van der Waals surface area contributed by atoms with E-state index in [9.17, 15) is 22.8 Å². The Morgan fingerprint density at radius 3 is 2.61 bits per heavy atom. The van der Waals surface area contributed by atoms with Gasteiger partial charge in [-0.1, -0.05) is 24.3 Å². The molecule has 0 aliphatic carbocycles.